The molecule has 0 radical (unpaired) electrons. The molecule has 18 heavy (non-hydrogen) atoms. The maximum atomic E-state index is 3.64. The van der Waals surface area contributed by atoms with Crippen LogP contribution in [0.3, 0.4) is 0 Å². The maximum absolute atomic E-state index is 3.64. The van der Waals surface area contributed by atoms with Crippen LogP contribution in [0.1, 0.15) is 33.1 Å². The van der Waals surface area contributed by atoms with E-state index in [4.69, 9.17) is 0 Å². The number of anilines is 1. The highest BCUT2D eigenvalue weighted by molar-refractivity contribution is 5.46. The zero-order chi connectivity index (χ0) is 12.8. The highest BCUT2D eigenvalue weighted by atomic mass is 15.1. The Hall–Kier alpha value is -1.02. The van der Waals surface area contributed by atoms with Gasteiger partial charge in [0.25, 0.3) is 0 Å². The Morgan fingerprint density at radius 1 is 1.22 bits per heavy atom. The molecule has 1 heterocycles. The van der Waals surface area contributed by atoms with Crippen molar-refractivity contribution in [1.29, 1.82) is 0 Å². The van der Waals surface area contributed by atoms with Gasteiger partial charge in [-0.3, -0.25) is 0 Å². The van der Waals surface area contributed by atoms with E-state index in [2.05, 4.69) is 54.4 Å². The van der Waals surface area contributed by atoms with Crippen molar-refractivity contribution in [3.8, 4) is 0 Å². The van der Waals surface area contributed by atoms with E-state index in [1.807, 2.05) is 0 Å². The van der Waals surface area contributed by atoms with E-state index in [-0.39, 0.29) is 0 Å². The van der Waals surface area contributed by atoms with Gasteiger partial charge in [0.1, 0.15) is 0 Å². The van der Waals surface area contributed by atoms with E-state index in [1.54, 1.807) is 0 Å². The molecule has 0 saturated carbocycles. The average Bonchev–Trinajstić information content (AvgIpc) is 2.46. The van der Waals surface area contributed by atoms with E-state index < -0.39 is 0 Å². The van der Waals surface area contributed by atoms with Crippen molar-refractivity contribution in [3.05, 3.63) is 30.3 Å². The predicted molar refractivity (Wildman–Crippen MR) is 79.1 cm³/mol. The quantitative estimate of drug-likeness (QED) is 0.857. The minimum absolute atomic E-state index is 0.664. The number of benzene rings is 1. The Morgan fingerprint density at radius 2 is 1.89 bits per heavy atom. The van der Waals surface area contributed by atoms with Crippen molar-refractivity contribution in [2.75, 3.05) is 24.5 Å². The lowest BCUT2D eigenvalue weighted by Gasteiger charge is -2.34. The predicted octanol–water partition coefficient (Wildman–Crippen LogP) is 3.29. The summed E-state index contributed by atoms with van der Waals surface area (Å²) in [4.78, 5) is 2.51. The highest BCUT2D eigenvalue weighted by Gasteiger charge is 2.19. The van der Waals surface area contributed by atoms with Crippen LogP contribution >= 0.6 is 0 Å². The van der Waals surface area contributed by atoms with E-state index in [0.717, 1.165) is 5.92 Å². The molecule has 1 saturated heterocycles. The zero-order valence-corrected chi connectivity index (χ0v) is 11.7. The van der Waals surface area contributed by atoms with E-state index >= 15 is 0 Å². The van der Waals surface area contributed by atoms with Crippen molar-refractivity contribution in [2.24, 2.45) is 5.92 Å². The summed E-state index contributed by atoms with van der Waals surface area (Å²) in [7, 11) is 0. The molecule has 1 aromatic carbocycles. The molecule has 1 fully saturated rings. The normalized spacial score (nSPS) is 18.9. The van der Waals surface area contributed by atoms with Crippen LogP contribution in [0.15, 0.2) is 30.3 Å². The van der Waals surface area contributed by atoms with Crippen molar-refractivity contribution in [2.45, 2.75) is 39.2 Å². The Bertz CT molecular complexity index is 328. The molecule has 2 rings (SSSR count). The summed E-state index contributed by atoms with van der Waals surface area (Å²) >= 11 is 0. The summed E-state index contributed by atoms with van der Waals surface area (Å²) in [6, 6.07) is 11.5. The molecule has 0 aliphatic carbocycles. The topological polar surface area (TPSA) is 15.3 Å². The molecular formula is C16H26N2. The van der Waals surface area contributed by atoms with Gasteiger partial charge in [-0.2, -0.15) is 0 Å². The van der Waals surface area contributed by atoms with Gasteiger partial charge in [0.05, 0.1) is 0 Å². The molecule has 1 unspecified atom stereocenters. The lowest BCUT2D eigenvalue weighted by molar-refractivity contribution is 0.363. The van der Waals surface area contributed by atoms with Crippen LogP contribution in [0.25, 0.3) is 0 Å². The molecule has 1 aromatic rings. The molecule has 1 aliphatic rings. The first-order valence-electron chi connectivity index (χ1n) is 7.33. The monoisotopic (exact) mass is 246 g/mol. The molecule has 1 atom stereocenters. The third kappa shape index (κ3) is 3.74. The first kappa shape index (κ1) is 13.4. The first-order chi connectivity index (χ1) is 8.79. The van der Waals surface area contributed by atoms with Crippen molar-refractivity contribution >= 4 is 5.69 Å². The molecule has 0 amide bonds. The molecule has 0 aromatic heterocycles. The number of hydrogen-bond acceptors (Lipinski definition) is 2. The van der Waals surface area contributed by atoms with Crippen LogP contribution in [0.5, 0.6) is 0 Å². The van der Waals surface area contributed by atoms with Crippen molar-refractivity contribution in [1.82, 2.24) is 5.32 Å². The van der Waals surface area contributed by atoms with Gasteiger partial charge in [-0.05, 0) is 50.8 Å². The van der Waals surface area contributed by atoms with Gasteiger partial charge in [-0.1, -0.05) is 25.1 Å². The summed E-state index contributed by atoms with van der Waals surface area (Å²) in [6.45, 7) is 8.13. The molecule has 2 heteroatoms. The minimum atomic E-state index is 0.664. The summed E-state index contributed by atoms with van der Waals surface area (Å²) < 4.78 is 0. The fraction of sp³-hybridized carbons (Fsp3) is 0.625. The number of hydrogen-bond donors (Lipinski definition) is 1. The molecule has 0 spiro atoms. The van der Waals surface area contributed by atoms with E-state index in [9.17, 15) is 0 Å². The fourth-order valence-electron chi connectivity index (χ4n) is 2.55. The second-order valence-corrected chi connectivity index (χ2v) is 5.48. The van der Waals surface area contributed by atoms with Crippen LogP contribution in [0, 0.1) is 5.92 Å². The number of rotatable bonds is 5. The Balaban J connectivity index is 1.75. The molecule has 1 N–H and O–H groups in total. The maximum Gasteiger partial charge on any atom is 0.0366 e. The number of para-hydroxylation sites is 1. The minimum Gasteiger partial charge on any atom is -0.372 e. The summed E-state index contributed by atoms with van der Waals surface area (Å²) in [6.07, 6.45) is 3.86. The SMILES string of the molecule is CCC(C)NCC1CCN(c2ccccc2)CC1. The van der Waals surface area contributed by atoms with Crippen LogP contribution in [-0.4, -0.2) is 25.7 Å². The summed E-state index contributed by atoms with van der Waals surface area (Å²) in [5.41, 5.74) is 1.38. The lowest BCUT2D eigenvalue weighted by atomic mass is 9.96. The van der Waals surface area contributed by atoms with Crippen LogP contribution in [0.4, 0.5) is 5.69 Å². The Morgan fingerprint density at radius 3 is 2.50 bits per heavy atom. The summed E-state index contributed by atoms with van der Waals surface area (Å²) in [5, 5.41) is 3.64. The van der Waals surface area contributed by atoms with Gasteiger partial charge in [-0.15, -0.1) is 0 Å². The summed E-state index contributed by atoms with van der Waals surface area (Å²) in [5.74, 6) is 0.860. The number of piperidine rings is 1. The standard InChI is InChI=1S/C16H26N2/c1-3-14(2)17-13-15-9-11-18(12-10-15)16-7-5-4-6-8-16/h4-8,14-15,17H,3,9-13H2,1-2H3. The first-order valence-corrected chi connectivity index (χ1v) is 7.33. The third-order valence-electron chi connectivity index (χ3n) is 4.10. The van der Waals surface area contributed by atoms with Gasteiger partial charge in [0.2, 0.25) is 0 Å². The second-order valence-electron chi connectivity index (χ2n) is 5.48. The van der Waals surface area contributed by atoms with Crippen LogP contribution in [-0.2, 0) is 0 Å². The van der Waals surface area contributed by atoms with Crippen molar-refractivity contribution in [3.63, 3.8) is 0 Å². The second kappa shape index (κ2) is 6.79. The lowest BCUT2D eigenvalue weighted by Crippen LogP contribution is -2.39. The van der Waals surface area contributed by atoms with Gasteiger partial charge in [0.15, 0.2) is 0 Å². The Kier molecular flexibility index (Phi) is 5.06. The van der Waals surface area contributed by atoms with Crippen LogP contribution < -0.4 is 10.2 Å². The average molecular weight is 246 g/mol. The van der Waals surface area contributed by atoms with Gasteiger partial charge in [0, 0.05) is 24.8 Å². The smallest absolute Gasteiger partial charge is 0.0366 e. The number of nitrogens with one attached hydrogen (secondary N) is 1. The van der Waals surface area contributed by atoms with E-state index in [1.165, 1.54) is 44.6 Å². The van der Waals surface area contributed by atoms with Crippen LogP contribution in [0.2, 0.25) is 0 Å². The Labute approximate surface area is 111 Å². The molecule has 100 valence electrons. The fourth-order valence-corrected chi connectivity index (χ4v) is 2.55. The van der Waals surface area contributed by atoms with Gasteiger partial charge < -0.3 is 10.2 Å². The third-order valence-corrected chi connectivity index (χ3v) is 4.10. The van der Waals surface area contributed by atoms with Gasteiger partial charge >= 0.3 is 0 Å². The van der Waals surface area contributed by atoms with E-state index in [0.29, 0.717) is 6.04 Å². The largest absolute Gasteiger partial charge is 0.372 e. The number of nitrogens with zero attached hydrogens (tertiary/aromatic N) is 1. The van der Waals surface area contributed by atoms with Crippen molar-refractivity contribution < 1.29 is 0 Å². The molecular weight excluding hydrogens is 220 g/mol. The molecule has 0 bridgehead atoms. The van der Waals surface area contributed by atoms with Gasteiger partial charge in [-0.25, -0.2) is 0 Å². The zero-order valence-electron chi connectivity index (χ0n) is 11.7. The highest BCUT2D eigenvalue weighted by Crippen LogP contribution is 2.22. The molecule has 1 aliphatic heterocycles. The molecule has 2 nitrogen and oxygen atoms in total.